The molecular weight excluding hydrogens is 233 g/mol. The van der Waals surface area contributed by atoms with Crippen molar-refractivity contribution < 1.29 is 9.18 Å². The first-order valence-corrected chi connectivity index (χ1v) is 6.13. The van der Waals surface area contributed by atoms with E-state index in [1.807, 2.05) is 11.0 Å². The molecule has 0 saturated carbocycles. The summed E-state index contributed by atoms with van der Waals surface area (Å²) in [6.07, 6.45) is 0. The van der Waals surface area contributed by atoms with Crippen molar-refractivity contribution in [2.75, 3.05) is 44.7 Å². The molecule has 1 aromatic carbocycles. The molecule has 1 heterocycles. The number of rotatable bonds is 3. The molecule has 0 unspecified atom stereocenters. The summed E-state index contributed by atoms with van der Waals surface area (Å²) in [5, 5.41) is 2.61. The standard InChI is InChI=1S/C13H18FN3O/c1-15-13(18)10-16-6-8-17(9-7-16)12-5-3-2-4-11(12)14/h2-5H,6-10H2,1H3,(H,15,18). The van der Waals surface area contributed by atoms with Crippen molar-refractivity contribution in [3.8, 4) is 0 Å². The molecular formula is C13H18FN3O. The summed E-state index contributed by atoms with van der Waals surface area (Å²) in [6, 6.07) is 6.81. The van der Waals surface area contributed by atoms with Gasteiger partial charge >= 0.3 is 0 Å². The molecule has 0 aliphatic carbocycles. The molecule has 0 aromatic heterocycles. The summed E-state index contributed by atoms with van der Waals surface area (Å²) < 4.78 is 13.6. The van der Waals surface area contributed by atoms with Crippen molar-refractivity contribution in [1.82, 2.24) is 10.2 Å². The number of amides is 1. The van der Waals surface area contributed by atoms with Gasteiger partial charge in [0, 0.05) is 33.2 Å². The first-order chi connectivity index (χ1) is 8.70. The van der Waals surface area contributed by atoms with Crippen LogP contribution in [0.4, 0.5) is 10.1 Å². The Hall–Kier alpha value is -1.62. The number of carbonyl (C=O) groups excluding carboxylic acids is 1. The lowest BCUT2D eigenvalue weighted by molar-refractivity contribution is -0.121. The van der Waals surface area contributed by atoms with Gasteiger partial charge in [0.1, 0.15) is 5.82 Å². The topological polar surface area (TPSA) is 35.6 Å². The van der Waals surface area contributed by atoms with Gasteiger partial charge in [-0.1, -0.05) is 12.1 Å². The Bertz CT molecular complexity index is 416. The average Bonchev–Trinajstić information content (AvgIpc) is 2.40. The fourth-order valence-electron chi connectivity index (χ4n) is 2.14. The van der Waals surface area contributed by atoms with Crippen LogP contribution in [0.5, 0.6) is 0 Å². The predicted octanol–water partition coefficient (Wildman–Crippen LogP) is 0.694. The molecule has 98 valence electrons. The summed E-state index contributed by atoms with van der Waals surface area (Å²) >= 11 is 0. The molecule has 4 nitrogen and oxygen atoms in total. The number of hydrogen-bond acceptors (Lipinski definition) is 3. The number of piperazine rings is 1. The average molecular weight is 251 g/mol. The number of hydrogen-bond donors (Lipinski definition) is 1. The second-order valence-corrected chi connectivity index (χ2v) is 4.39. The number of nitrogens with one attached hydrogen (secondary N) is 1. The second-order valence-electron chi connectivity index (χ2n) is 4.39. The maximum absolute atomic E-state index is 13.6. The van der Waals surface area contributed by atoms with E-state index in [0.29, 0.717) is 12.2 Å². The van der Waals surface area contributed by atoms with E-state index in [9.17, 15) is 9.18 Å². The highest BCUT2D eigenvalue weighted by atomic mass is 19.1. The summed E-state index contributed by atoms with van der Waals surface area (Å²) in [4.78, 5) is 15.4. The van der Waals surface area contributed by atoms with Gasteiger partial charge in [-0.15, -0.1) is 0 Å². The summed E-state index contributed by atoms with van der Waals surface area (Å²) in [5.74, 6) is -0.161. The van der Waals surface area contributed by atoms with Crippen LogP contribution in [0.25, 0.3) is 0 Å². The second kappa shape index (κ2) is 5.82. The third kappa shape index (κ3) is 2.98. The van der Waals surface area contributed by atoms with Crippen molar-refractivity contribution in [3.63, 3.8) is 0 Å². The lowest BCUT2D eigenvalue weighted by atomic mass is 10.2. The number of anilines is 1. The minimum Gasteiger partial charge on any atom is -0.367 e. The predicted molar refractivity (Wildman–Crippen MR) is 69.1 cm³/mol. The van der Waals surface area contributed by atoms with Gasteiger partial charge in [-0.05, 0) is 12.1 Å². The lowest BCUT2D eigenvalue weighted by Gasteiger charge is -2.35. The van der Waals surface area contributed by atoms with E-state index in [0.717, 1.165) is 26.2 Å². The highest BCUT2D eigenvalue weighted by Crippen LogP contribution is 2.19. The van der Waals surface area contributed by atoms with Crippen LogP contribution in [-0.2, 0) is 4.79 Å². The zero-order chi connectivity index (χ0) is 13.0. The van der Waals surface area contributed by atoms with E-state index in [2.05, 4.69) is 10.2 Å². The number of para-hydroxylation sites is 1. The number of likely N-dealkylation sites (N-methyl/N-ethyl adjacent to an activating group) is 1. The quantitative estimate of drug-likeness (QED) is 0.858. The van der Waals surface area contributed by atoms with Crippen LogP contribution in [-0.4, -0.2) is 50.6 Å². The molecule has 1 aromatic rings. The number of halogens is 1. The summed E-state index contributed by atoms with van der Waals surface area (Å²) in [6.45, 7) is 3.47. The van der Waals surface area contributed by atoms with Crippen molar-refractivity contribution in [1.29, 1.82) is 0 Å². The maximum atomic E-state index is 13.6. The highest BCUT2D eigenvalue weighted by molar-refractivity contribution is 5.77. The molecule has 5 heteroatoms. The molecule has 0 radical (unpaired) electrons. The van der Waals surface area contributed by atoms with E-state index >= 15 is 0 Å². The summed E-state index contributed by atoms with van der Waals surface area (Å²) in [7, 11) is 1.64. The third-order valence-corrected chi connectivity index (χ3v) is 3.21. The largest absolute Gasteiger partial charge is 0.367 e. The zero-order valence-electron chi connectivity index (χ0n) is 10.5. The number of nitrogens with zero attached hydrogens (tertiary/aromatic N) is 2. The van der Waals surface area contributed by atoms with Crippen molar-refractivity contribution in [3.05, 3.63) is 30.1 Å². The molecule has 0 atom stereocenters. The van der Waals surface area contributed by atoms with Crippen molar-refractivity contribution in [2.45, 2.75) is 0 Å². The Balaban J connectivity index is 1.91. The van der Waals surface area contributed by atoms with Crippen LogP contribution < -0.4 is 10.2 Å². The van der Waals surface area contributed by atoms with Gasteiger partial charge in [-0.25, -0.2) is 4.39 Å². The zero-order valence-corrected chi connectivity index (χ0v) is 10.5. The Morgan fingerprint density at radius 2 is 1.94 bits per heavy atom. The fourth-order valence-corrected chi connectivity index (χ4v) is 2.14. The summed E-state index contributed by atoms with van der Waals surface area (Å²) in [5.41, 5.74) is 0.650. The number of carbonyl (C=O) groups is 1. The van der Waals surface area contributed by atoms with Crippen molar-refractivity contribution >= 4 is 11.6 Å². The van der Waals surface area contributed by atoms with Crippen LogP contribution in [0.3, 0.4) is 0 Å². The van der Waals surface area contributed by atoms with Gasteiger partial charge in [0.05, 0.1) is 12.2 Å². The Morgan fingerprint density at radius 3 is 2.56 bits per heavy atom. The Labute approximate surface area is 106 Å². The molecule has 1 saturated heterocycles. The van der Waals surface area contributed by atoms with Crippen molar-refractivity contribution in [2.24, 2.45) is 0 Å². The molecule has 18 heavy (non-hydrogen) atoms. The van der Waals surface area contributed by atoms with E-state index in [1.54, 1.807) is 19.2 Å². The minimum absolute atomic E-state index is 0.0225. The molecule has 2 rings (SSSR count). The van der Waals surface area contributed by atoms with Crippen LogP contribution in [0.2, 0.25) is 0 Å². The minimum atomic E-state index is -0.183. The highest BCUT2D eigenvalue weighted by Gasteiger charge is 2.20. The fraction of sp³-hybridized carbons (Fsp3) is 0.462. The molecule has 0 bridgehead atoms. The lowest BCUT2D eigenvalue weighted by Crippen LogP contribution is -2.49. The monoisotopic (exact) mass is 251 g/mol. The van der Waals surface area contributed by atoms with E-state index < -0.39 is 0 Å². The maximum Gasteiger partial charge on any atom is 0.233 e. The molecule has 0 spiro atoms. The number of benzene rings is 1. The van der Waals surface area contributed by atoms with E-state index in [4.69, 9.17) is 0 Å². The first-order valence-electron chi connectivity index (χ1n) is 6.13. The van der Waals surface area contributed by atoms with Gasteiger partial charge in [0.25, 0.3) is 0 Å². The van der Waals surface area contributed by atoms with Crippen LogP contribution >= 0.6 is 0 Å². The van der Waals surface area contributed by atoms with Crippen LogP contribution in [0.15, 0.2) is 24.3 Å². The SMILES string of the molecule is CNC(=O)CN1CCN(c2ccccc2F)CC1. The molecule has 1 aliphatic heterocycles. The Morgan fingerprint density at radius 1 is 1.28 bits per heavy atom. The third-order valence-electron chi connectivity index (χ3n) is 3.21. The Kier molecular flexibility index (Phi) is 4.15. The van der Waals surface area contributed by atoms with E-state index in [-0.39, 0.29) is 11.7 Å². The molecule has 1 amide bonds. The van der Waals surface area contributed by atoms with Gasteiger partial charge in [0.2, 0.25) is 5.91 Å². The van der Waals surface area contributed by atoms with Crippen LogP contribution in [0, 0.1) is 5.82 Å². The molecule has 1 aliphatic rings. The normalized spacial score (nSPS) is 16.7. The van der Waals surface area contributed by atoms with Gasteiger partial charge < -0.3 is 10.2 Å². The van der Waals surface area contributed by atoms with Gasteiger partial charge in [0.15, 0.2) is 0 Å². The van der Waals surface area contributed by atoms with Crippen LogP contribution in [0.1, 0.15) is 0 Å². The van der Waals surface area contributed by atoms with E-state index in [1.165, 1.54) is 6.07 Å². The van der Waals surface area contributed by atoms with Gasteiger partial charge in [-0.2, -0.15) is 0 Å². The molecule has 1 fully saturated rings. The van der Waals surface area contributed by atoms with Gasteiger partial charge in [-0.3, -0.25) is 9.69 Å². The first kappa shape index (κ1) is 12.8. The smallest absolute Gasteiger partial charge is 0.233 e. The molecule has 1 N–H and O–H groups in total.